The highest BCUT2D eigenvalue weighted by atomic mass is 16.6. The Kier molecular flexibility index (Phi) is 9.43. The molecule has 1 unspecified atom stereocenters. The third kappa shape index (κ3) is 6.76. The highest BCUT2D eigenvalue weighted by Crippen LogP contribution is 2.30. The van der Waals surface area contributed by atoms with Crippen molar-refractivity contribution in [1.82, 2.24) is 15.6 Å². The van der Waals surface area contributed by atoms with E-state index in [2.05, 4.69) is 46.8 Å². The summed E-state index contributed by atoms with van der Waals surface area (Å²) >= 11 is 0. The molecule has 0 spiro atoms. The Morgan fingerprint density at radius 3 is 2.50 bits per heavy atom. The number of esters is 1. The molecule has 1 heterocycles. The van der Waals surface area contributed by atoms with Crippen LogP contribution in [0.1, 0.15) is 29.2 Å². The zero-order valence-corrected chi connectivity index (χ0v) is 23.6. The fourth-order valence-electron chi connectivity index (χ4n) is 4.67. The van der Waals surface area contributed by atoms with Crippen LogP contribution >= 0.6 is 0 Å². The van der Waals surface area contributed by atoms with E-state index in [-0.39, 0.29) is 19.8 Å². The summed E-state index contributed by atoms with van der Waals surface area (Å²) in [5, 5.41) is 20.7. The number of nitrogens with one attached hydrogen (secondary N) is 1. The van der Waals surface area contributed by atoms with Crippen molar-refractivity contribution in [1.29, 1.82) is 0 Å². The Hall–Kier alpha value is -4.73. The summed E-state index contributed by atoms with van der Waals surface area (Å²) < 4.78 is 22.4. The van der Waals surface area contributed by atoms with Crippen LogP contribution in [0.3, 0.4) is 0 Å². The predicted octanol–water partition coefficient (Wildman–Crippen LogP) is 5.37. The summed E-state index contributed by atoms with van der Waals surface area (Å²) in [7, 11) is 0. The quantitative estimate of drug-likeness (QED) is 0.181. The van der Waals surface area contributed by atoms with E-state index in [1.807, 2.05) is 60.7 Å². The zero-order chi connectivity index (χ0) is 29.3. The molecule has 4 aromatic carbocycles. The molecular weight excluding hydrogens is 534 g/mol. The normalized spacial score (nSPS) is 11.8. The van der Waals surface area contributed by atoms with Gasteiger partial charge in [0.2, 0.25) is 0 Å². The van der Waals surface area contributed by atoms with E-state index in [9.17, 15) is 9.90 Å². The number of ether oxygens (including phenoxy) is 3. The van der Waals surface area contributed by atoms with Crippen molar-refractivity contribution in [2.75, 3.05) is 13.2 Å². The first-order chi connectivity index (χ1) is 20.6. The lowest BCUT2D eigenvalue weighted by Gasteiger charge is -2.18. The lowest BCUT2D eigenvalue weighted by Crippen LogP contribution is -2.40. The number of hydrogen-bond donors (Lipinski definition) is 2. The standard InChI is InChI=1S/C33H33N3O6/c1-3-39-33(38)30(19-37)34-18-24-15-16-27(17-31(24)41-21-26-12-8-14-29-32(26)36-42-35-29)40-20-25-11-7-13-28(22(25)2)23-9-5-4-6-10-23/h4-17,30,34,37H,3,18-21H2,1-2H3. The molecule has 1 aromatic heterocycles. The van der Waals surface area contributed by atoms with Crippen LogP contribution in [-0.4, -0.2) is 40.6 Å². The smallest absolute Gasteiger partial charge is 0.325 e. The number of aromatic nitrogens is 2. The maximum absolute atomic E-state index is 12.2. The van der Waals surface area contributed by atoms with Crippen LogP contribution in [0.2, 0.25) is 0 Å². The molecule has 5 rings (SSSR count). The maximum Gasteiger partial charge on any atom is 0.325 e. The van der Waals surface area contributed by atoms with Crippen LogP contribution in [-0.2, 0) is 29.3 Å². The number of fused-ring (bicyclic) bond motifs is 1. The van der Waals surface area contributed by atoms with Gasteiger partial charge in [0.15, 0.2) is 0 Å². The fraction of sp³-hybridized carbons (Fsp3) is 0.242. The van der Waals surface area contributed by atoms with E-state index in [0.29, 0.717) is 29.1 Å². The second-order valence-corrected chi connectivity index (χ2v) is 9.72. The molecule has 0 fully saturated rings. The average Bonchev–Trinajstić information content (AvgIpc) is 3.51. The minimum Gasteiger partial charge on any atom is -0.489 e. The fourth-order valence-corrected chi connectivity index (χ4v) is 4.67. The van der Waals surface area contributed by atoms with Crippen LogP contribution in [0.15, 0.2) is 89.6 Å². The molecule has 0 saturated heterocycles. The van der Waals surface area contributed by atoms with Crippen LogP contribution in [0.4, 0.5) is 0 Å². The summed E-state index contributed by atoms with van der Waals surface area (Å²) in [6.45, 7) is 4.51. The highest BCUT2D eigenvalue weighted by molar-refractivity contribution is 5.77. The summed E-state index contributed by atoms with van der Waals surface area (Å²) in [5.74, 6) is 0.674. The number of benzene rings is 4. The number of nitrogens with zero attached hydrogens (tertiary/aromatic N) is 2. The molecular formula is C33H33N3O6. The molecule has 2 N–H and O–H groups in total. The van der Waals surface area contributed by atoms with Crippen molar-refractivity contribution in [2.24, 2.45) is 0 Å². The summed E-state index contributed by atoms with van der Waals surface area (Å²) in [6.07, 6.45) is 0. The van der Waals surface area contributed by atoms with Gasteiger partial charge >= 0.3 is 5.97 Å². The van der Waals surface area contributed by atoms with Gasteiger partial charge in [-0.2, -0.15) is 0 Å². The van der Waals surface area contributed by atoms with Crippen LogP contribution < -0.4 is 14.8 Å². The first-order valence-electron chi connectivity index (χ1n) is 13.8. The van der Waals surface area contributed by atoms with Crippen LogP contribution in [0.25, 0.3) is 22.2 Å². The van der Waals surface area contributed by atoms with Crippen molar-refractivity contribution < 1.29 is 28.7 Å². The molecule has 5 aromatic rings. The van der Waals surface area contributed by atoms with Gasteiger partial charge in [0.1, 0.15) is 41.8 Å². The third-order valence-electron chi connectivity index (χ3n) is 7.01. The van der Waals surface area contributed by atoms with Gasteiger partial charge in [0, 0.05) is 23.7 Å². The number of aliphatic hydroxyl groups is 1. The summed E-state index contributed by atoms with van der Waals surface area (Å²) in [5.41, 5.74) is 7.41. The number of rotatable bonds is 13. The van der Waals surface area contributed by atoms with Gasteiger partial charge in [-0.15, -0.1) is 0 Å². The van der Waals surface area contributed by atoms with E-state index in [1.54, 1.807) is 6.92 Å². The minimum absolute atomic E-state index is 0.210. The summed E-state index contributed by atoms with van der Waals surface area (Å²) in [4.78, 5) is 12.2. The molecule has 1 atom stereocenters. The van der Waals surface area contributed by atoms with E-state index in [4.69, 9.17) is 18.8 Å². The van der Waals surface area contributed by atoms with Gasteiger partial charge < -0.3 is 19.3 Å². The number of carbonyl (C=O) groups is 1. The van der Waals surface area contributed by atoms with E-state index >= 15 is 0 Å². The van der Waals surface area contributed by atoms with Crippen LogP contribution in [0.5, 0.6) is 11.5 Å². The van der Waals surface area contributed by atoms with E-state index in [1.165, 1.54) is 5.56 Å². The Morgan fingerprint density at radius 1 is 0.905 bits per heavy atom. The van der Waals surface area contributed by atoms with Gasteiger partial charge in [-0.05, 0) is 58.5 Å². The molecule has 0 aliphatic carbocycles. The molecule has 0 radical (unpaired) electrons. The second-order valence-electron chi connectivity index (χ2n) is 9.72. The lowest BCUT2D eigenvalue weighted by atomic mass is 9.97. The van der Waals surface area contributed by atoms with Gasteiger partial charge in [-0.25, -0.2) is 4.63 Å². The Labute approximate surface area is 244 Å². The first-order valence-corrected chi connectivity index (χ1v) is 13.8. The molecule has 42 heavy (non-hydrogen) atoms. The SMILES string of the molecule is CCOC(=O)C(CO)NCc1ccc(OCc2cccc(-c3ccccc3)c2C)cc1OCc1cccc2nonc12. The van der Waals surface area contributed by atoms with Crippen molar-refractivity contribution in [3.05, 3.63) is 107 Å². The molecule has 216 valence electrons. The predicted molar refractivity (Wildman–Crippen MR) is 158 cm³/mol. The molecule has 0 aliphatic heterocycles. The molecule has 0 amide bonds. The topological polar surface area (TPSA) is 116 Å². The number of aliphatic hydroxyl groups excluding tert-OH is 1. The van der Waals surface area contributed by atoms with Gasteiger partial charge in [0.05, 0.1) is 13.2 Å². The van der Waals surface area contributed by atoms with Crippen molar-refractivity contribution in [3.63, 3.8) is 0 Å². The van der Waals surface area contributed by atoms with Crippen LogP contribution in [0, 0.1) is 6.92 Å². The molecule has 0 saturated carbocycles. The van der Waals surface area contributed by atoms with Gasteiger partial charge in [-0.3, -0.25) is 10.1 Å². The summed E-state index contributed by atoms with van der Waals surface area (Å²) in [6, 6.07) is 26.8. The largest absolute Gasteiger partial charge is 0.489 e. The number of carbonyl (C=O) groups excluding carboxylic acids is 1. The maximum atomic E-state index is 12.2. The Balaban J connectivity index is 1.36. The zero-order valence-electron chi connectivity index (χ0n) is 23.6. The Bertz CT molecular complexity index is 1640. The van der Waals surface area contributed by atoms with Crippen molar-refractivity contribution >= 4 is 17.0 Å². The Morgan fingerprint density at radius 2 is 1.69 bits per heavy atom. The first kappa shape index (κ1) is 28.8. The van der Waals surface area contributed by atoms with Gasteiger partial charge in [0.25, 0.3) is 0 Å². The van der Waals surface area contributed by atoms with E-state index in [0.717, 1.165) is 27.8 Å². The van der Waals surface area contributed by atoms with Crippen molar-refractivity contribution in [3.8, 4) is 22.6 Å². The minimum atomic E-state index is -0.858. The molecule has 9 nitrogen and oxygen atoms in total. The van der Waals surface area contributed by atoms with Gasteiger partial charge in [-0.1, -0.05) is 66.7 Å². The molecule has 0 aliphatic rings. The third-order valence-corrected chi connectivity index (χ3v) is 7.01. The number of hydrogen-bond acceptors (Lipinski definition) is 9. The van der Waals surface area contributed by atoms with Crippen molar-refractivity contribution in [2.45, 2.75) is 39.6 Å². The lowest BCUT2D eigenvalue weighted by molar-refractivity contribution is -0.146. The second kappa shape index (κ2) is 13.8. The highest BCUT2D eigenvalue weighted by Gasteiger charge is 2.19. The average molecular weight is 568 g/mol. The molecule has 9 heteroatoms. The monoisotopic (exact) mass is 567 g/mol. The van der Waals surface area contributed by atoms with E-state index < -0.39 is 18.6 Å². The molecule has 0 bridgehead atoms.